The summed E-state index contributed by atoms with van der Waals surface area (Å²) in [7, 11) is 0. The second-order valence-corrected chi connectivity index (χ2v) is 6.46. The van der Waals surface area contributed by atoms with Gasteiger partial charge in [-0.25, -0.2) is 0 Å². The molecule has 2 saturated carbocycles. The van der Waals surface area contributed by atoms with Crippen LogP contribution in [0.2, 0.25) is 0 Å². The third-order valence-electron chi connectivity index (χ3n) is 4.61. The number of carbonyl (C=O) groups is 1. The molecule has 2 aliphatic carbocycles. The fourth-order valence-electron chi connectivity index (χ4n) is 3.73. The molecule has 2 aliphatic rings. The molecule has 0 heterocycles. The molecule has 0 radical (unpaired) electrons. The number of Topliss-reactive ketones (excluding diaryl/α,β-unsaturated/α-hetero) is 1. The molecule has 1 heteroatoms. The van der Waals surface area contributed by atoms with E-state index < -0.39 is 0 Å². The van der Waals surface area contributed by atoms with Crippen LogP contribution >= 0.6 is 0 Å². The minimum absolute atomic E-state index is 0.540. The average molecular weight is 222 g/mol. The molecule has 0 spiro atoms. The van der Waals surface area contributed by atoms with Crippen molar-refractivity contribution >= 4 is 5.78 Å². The van der Waals surface area contributed by atoms with Gasteiger partial charge in [0.1, 0.15) is 5.78 Å². The lowest BCUT2D eigenvalue weighted by Gasteiger charge is -2.20. The van der Waals surface area contributed by atoms with Crippen LogP contribution in [-0.2, 0) is 4.79 Å². The highest BCUT2D eigenvalue weighted by Gasteiger charge is 2.39. The van der Waals surface area contributed by atoms with Gasteiger partial charge in [-0.3, -0.25) is 4.79 Å². The molecule has 2 fully saturated rings. The lowest BCUT2D eigenvalue weighted by Crippen LogP contribution is -2.15. The summed E-state index contributed by atoms with van der Waals surface area (Å²) in [6.07, 6.45) is 9.72. The smallest absolute Gasteiger partial charge is 0.133 e. The van der Waals surface area contributed by atoms with E-state index in [9.17, 15) is 4.79 Å². The maximum Gasteiger partial charge on any atom is 0.133 e. The minimum Gasteiger partial charge on any atom is -0.300 e. The van der Waals surface area contributed by atoms with Crippen molar-refractivity contribution in [2.24, 2.45) is 23.7 Å². The van der Waals surface area contributed by atoms with Crippen LogP contribution in [0.4, 0.5) is 0 Å². The number of ketones is 1. The van der Waals surface area contributed by atoms with Gasteiger partial charge in [0.15, 0.2) is 0 Å². The van der Waals surface area contributed by atoms with Crippen LogP contribution in [0, 0.1) is 23.7 Å². The lowest BCUT2D eigenvalue weighted by molar-refractivity contribution is -0.120. The van der Waals surface area contributed by atoms with Gasteiger partial charge in [-0.15, -0.1) is 0 Å². The standard InChI is InChI=1S/C15H26O/c1-11(2)4-3-5-15(16)10-14-9-12-6-7-13(14)8-12/h11-14H,3-10H2,1-2H3. The molecule has 0 aliphatic heterocycles. The van der Waals surface area contributed by atoms with Crippen LogP contribution in [0.1, 0.15) is 65.2 Å². The lowest BCUT2D eigenvalue weighted by atomic mass is 9.84. The predicted octanol–water partition coefficient (Wildman–Crippen LogP) is 4.21. The summed E-state index contributed by atoms with van der Waals surface area (Å²) < 4.78 is 0. The summed E-state index contributed by atoms with van der Waals surface area (Å²) in [6.45, 7) is 4.47. The van der Waals surface area contributed by atoms with Gasteiger partial charge in [0.05, 0.1) is 0 Å². The van der Waals surface area contributed by atoms with Gasteiger partial charge in [-0.2, -0.15) is 0 Å². The highest BCUT2D eigenvalue weighted by Crippen LogP contribution is 2.49. The van der Waals surface area contributed by atoms with Crippen molar-refractivity contribution in [1.82, 2.24) is 0 Å². The first-order valence-corrected chi connectivity index (χ1v) is 7.17. The van der Waals surface area contributed by atoms with Gasteiger partial charge in [-0.1, -0.05) is 26.7 Å². The van der Waals surface area contributed by atoms with Gasteiger partial charge in [0.25, 0.3) is 0 Å². The van der Waals surface area contributed by atoms with Gasteiger partial charge < -0.3 is 0 Å². The summed E-state index contributed by atoms with van der Waals surface area (Å²) >= 11 is 0. The zero-order chi connectivity index (χ0) is 11.5. The topological polar surface area (TPSA) is 17.1 Å². The van der Waals surface area contributed by atoms with E-state index in [0.717, 1.165) is 42.9 Å². The van der Waals surface area contributed by atoms with Crippen molar-refractivity contribution < 1.29 is 4.79 Å². The normalized spacial score (nSPS) is 32.6. The van der Waals surface area contributed by atoms with E-state index in [0.29, 0.717) is 5.78 Å². The summed E-state index contributed by atoms with van der Waals surface area (Å²) in [4.78, 5) is 11.9. The van der Waals surface area contributed by atoms with E-state index in [4.69, 9.17) is 0 Å². The maximum absolute atomic E-state index is 11.9. The molecular weight excluding hydrogens is 196 g/mol. The average Bonchev–Trinajstić information content (AvgIpc) is 2.78. The third kappa shape index (κ3) is 3.09. The number of rotatable bonds is 6. The molecule has 3 atom stereocenters. The Bertz CT molecular complexity index is 244. The number of carbonyl (C=O) groups excluding carboxylic acids is 1. The van der Waals surface area contributed by atoms with Gasteiger partial charge in [0.2, 0.25) is 0 Å². The molecule has 2 bridgehead atoms. The van der Waals surface area contributed by atoms with Gasteiger partial charge in [0, 0.05) is 12.8 Å². The quantitative estimate of drug-likeness (QED) is 0.658. The summed E-state index contributed by atoms with van der Waals surface area (Å²) in [6, 6.07) is 0. The molecule has 0 saturated heterocycles. The molecule has 0 N–H and O–H groups in total. The third-order valence-corrected chi connectivity index (χ3v) is 4.61. The van der Waals surface area contributed by atoms with Crippen molar-refractivity contribution in [3.63, 3.8) is 0 Å². The van der Waals surface area contributed by atoms with Crippen molar-refractivity contribution in [2.75, 3.05) is 0 Å². The van der Waals surface area contributed by atoms with E-state index in [2.05, 4.69) is 13.8 Å². The Morgan fingerprint density at radius 1 is 1.25 bits per heavy atom. The van der Waals surface area contributed by atoms with Crippen LogP contribution < -0.4 is 0 Å². The van der Waals surface area contributed by atoms with Crippen molar-refractivity contribution in [3.05, 3.63) is 0 Å². The SMILES string of the molecule is CC(C)CCCC(=O)CC1CC2CCC1C2. The highest BCUT2D eigenvalue weighted by molar-refractivity contribution is 5.78. The Labute approximate surface area is 100.0 Å². The molecule has 0 aromatic rings. The second kappa shape index (κ2) is 5.33. The van der Waals surface area contributed by atoms with Crippen molar-refractivity contribution in [3.8, 4) is 0 Å². The van der Waals surface area contributed by atoms with E-state index in [1.807, 2.05) is 0 Å². The molecule has 3 unspecified atom stereocenters. The predicted molar refractivity (Wildman–Crippen MR) is 67.3 cm³/mol. The maximum atomic E-state index is 11.9. The summed E-state index contributed by atoms with van der Waals surface area (Å²) in [5, 5.41) is 0. The Morgan fingerprint density at radius 2 is 2.06 bits per heavy atom. The number of hydrogen-bond acceptors (Lipinski definition) is 1. The van der Waals surface area contributed by atoms with Crippen LogP contribution in [0.5, 0.6) is 0 Å². The Kier molecular flexibility index (Phi) is 4.05. The largest absolute Gasteiger partial charge is 0.300 e. The van der Waals surface area contributed by atoms with E-state index in [1.165, 1.54) is 32.1 Å². The first-order valence-electron chi connectivity index (χ1n) is 7.17. The molecule has 16 heavy (non-hydrogen) atoms. The molecule has 0 aromatic carbocycles. The van der Waals surface area contributed by atoms with Crippen molar-refractivity contribution in [1.29, 1.82) is 0 Å². The highest BCUT2D eigenvalue weighted by atomic mass is 16.1. The van der Waals surface area contributed by atoms with Crippen LogP contribution in [0.15, 0.2) is 0 Å². The molecule has 2 rings (SSSR count). The Hall–Kier alpha value is -0.330. The Morgan fingerprint density at radius 3 is 2.62 bits per heavy atom. The van der Waals surface area contributed by atoms with Gasteiger partial charge >= 0.3 is 0 Å². The number of fused-ring (bicyclic) bond motifs is 2. The molecule has 1 nitrogen and oxygen atoms in total. The van der Waals surface area contributed by atoms with Gasteiger partial charge in [-0.05, 0) is 49.4 Å². The Balaban J connectivity index is 1.64. The summed E-state index contributed by atoms with van der Waals surface area (Å²) in [5.74, 6) is 3.95. The van der Waals surface area contributed by atoms with Crippen LogP contribution in [0.3, 0.4) is 0 Å². The van der Waals surface area contributed by atoms with E-state index >= 15 is 0 Å². The molecule has 92 valence electrons. The van der Waals surface area contributed by atoms with Crippen LogP contribution in [0.25, 0.3) is 0 Å². The first kappa shape index (κ1) is 12.1. The van der Waals surface area contributed by atoms with Crippen LogP contribution in [-0.4, -0.2) is 5.78 Å². The monoisotopic (exact) mass is 222 g/mol. The van der Waals surface area contributed by atoms with E-state index in [-0.39, 0.29) is 0 Å². The number of hydrogen-bond donors (Lipinski definition) is 0. The van der Waals surface area contributed by atoms with E-state index in [1.54, 1.807) is 0 Å². The fraction of sp³-hybridized carbons (Fsp3) is 0.933. The minimum atomic E-state index is 0.540. The van der Waals surface area contributed by atoms with Crippen molar-refractivity contribution in [2.45, 2.75) is 65.2 Å². The zero-order valence-corrected chi connectivity index (χ0v) is 10.9. The molecular formula is C15H26O. The fourth-order valence-corrected chi connectivity index (χ4v) is 3.73. The zero-order valence-electron chi connectivity index (χ0n) is 10.9. The molecule has 0 amide bonds. The first-order chi connectivity index (χ1) is 7.65. The molecule has 0 aromatic heterocycles. The second-order valence-electron chi connectivity index (χ2n) is 6.46. The summed E-state index contributed by atoms with van der Waals surface area (Å²) in [5.41, 5.74) is 0.